The van der Waals surface area contributed by atoms with E-state index in [2.05, 4.69) is 22.8 Å². The van der Waals surface area contributed by atoms with Crippen LogP contribution >= 0.6 is 24.0 Å². The number of hydrogen-bond donors (Lipinski definition) is 0. The minimum Gasteiger partial charge on any atom is -0.368 e. The number of carbonyl (C=O) groups excluding carboxylic acids is 1. The Bertz CT molecular complexity index is 1370. The summed E-state index contributed by atoms with van der Waals surface area (Å²) in [4.78, 5) is 32.9. The molecule has 2 aliphatic rings. The zero-order chi connectivity index (χ0) is 28.1. The number of rotatable bonds is 9. The van der Waals surface area contributed by atoms with Gasteiger partial charge >= 0.3 is 0 Å². The molecule has 0 aliphatic carbocycles. The number of thiocarbonyl (C=S) groups is 1. The zero-order valence-corrected chi connectivity index (χ0v) is 24.3. The summed E-state index contributed by atoms with van der Waals surface area (Å²) in [6.45, 7) is 7.13. The SMILES string of the molecule is CCCCCCCN1C(=O)C(=Cc2c(C)c(C#N)c(=O)n(C)c2N2CCN(c3ccc(F)cc3)CC2)SC1=S. The van der Waals surface area contributed by atoms with Crippen LogP contribution in [-0.2, 0) is 11.8 Å². The molecule has 206 valence electrons. The standard InChI is InChI=1S/C29H34FN5O2S2/c1-4-5-6-7-8-13-35-28(37)25(39-29(35)38)18-23-20(2)24(19-31)27(36)32(3)26(23)34-16-14-33(15-17-34)22-11-9-21(30)10-12-22/h9-12,18H,4-8,13-17H2,1-3H3. The molecule has 2 aliphatic heterocycles. The highest BCUT2D eigenvalue weighted by Gasteiger charge is 2.33. The molecular formula is C29H34FN5O2S2. The van der Waals surface area contributed by atoms with Gasteiger partial charge in [0.15, 0.2) is 0 Å². The average Bonchev–Trinajstić information content (AvgIpc) is 3.20. The molecule has 2 saturated heterocycles. The minimum atomic E-state index is -0.359. The topological polar surface area (TPSA) is 72.6 Å². The number of nitriles is 1. The van der Waals surface area contributed by atoms with E-state index in [9.17, 15) is 19.2 Å². The first-order valence-corrected chi connectivity index (χ1v) is 14.6. The van der Waals surface area contributed by atoms with Crippen LogP contribution in [0.1, 0.15) is 55.7 Å². The largest absolute Gasteiger partial charge is 0.368 e. The molecule has 2 aromatic rings. The number of thioether (sulfide) groups is 1. The second-order valence-corrected chi connectivity index (χ2v) is 11.6. The van der Waals surface area contributed by atoms with Crippen LogP contribution in [0.2, 0.25) is 0 Å². The first-order valence-electron chi connectivity index (χ1n) is 13.4. The van der Waals surface area contributed by atoms with Crippen molar-refractivity contribution in [2.45, 2.75) is 46.0 Å². The van der Waals surface area contributed by atoms with Gasteiger partial charge in [0.2, 0.25) is 0 Å². The Hall–Kier alpha value is -3.16. The molecule has 0 bridgehead atoms. The third kappa shape index (κ3) is 6.20. The van der Waals surface area contributed by atoms with Gasteiger partial charge in [0.05, 0.1) is 4.91 Å². The van der Waals surface area contributed by atoms with Gasteiger partial charge in [-0.15, -0.1) is 0 Å². The van der Waals surface area contributed by atoms with E-state index in [0.717, 1.165) is 31.4 Å². The summed E-state index contributed by atoms with van der Waals surface area (Å²) >= 11 is 6.82. The van der Waals surface area contributed by atoms with Crippen molar-refractivity contribution in [3.8, 4) is 6.07 Å². The van der Waals surface area contributed by atoms with Crippen LogP contribution in [0, 0.1) is 24.1 Å². The number of carbonyl (C=O) groups is 1. The van der Waals surface area contributed by atoms with E-state index in [1.807, 2.05) is 0 Å². The highest BCUT2D eigenvalue weighted by atomic mass is 32.2. The first-order chi connectivity index (χ1) is 18.8. The molecule has 7 nitrogen and oxygen atoms in total. The summed E-state index contributed by atoms with van der Waals surface area (Å²) in [7, 11) is 1.67. The predicted molar refractivity (Wildman–Crippen MR) is 161 cm³/mol. The van der Waals surface area contributed by atoms with Gasteiger partial charge in [0, 0.05) is 51.0 Å². The van der Waals surface area contributed by atoms with E-state index in [1.165, 1.54) is 34.9 Å². The molecule has 0 radical (unpaired) electrons. The molecule has 1 aromatic carbocycles. The lowest BCUT2D eigenvalue weighted by Gasteiger charge is -2.38. The van der Waals surface area contributed by atoms with Gasteiger partial charge in [-0.1, -0.05) is 56.6 Å². The van der Waals surface area contributed by atoms with Crippen LogP contribution in [0.5, 0.6) is 0 Å². The molecule has 10 heteroatoms. The number of aromatic nitrogens is 1. The number of amides is 1. The van der Waals surface area contributed by atoms with Crippen LogP contribution < -0.4 is 15.4 Å². The Morgan fingerprint density at radius 1 is 1.05 bits per heavy atom. The zero-order valence-electron chi connectivity index (χ0n) is 22.7. The number of pyridine rings is 1. The van der Waals surface area contributed by atoms with Crippen LogP contribution in [-0.4, -0.2) is 52.4 Å². The van der Waals surface area contributed by atoms with Gasteiger partial charge in [-0.05, 0) is 49.2 Å². The highest BCUT2D eigenvalue weighted by molar-refractivity contribution is 8.26. The van der Waals surface area contributed by atoms with Gasteiger partial charge < -0.3 is 9.80 Å². The molecule has 0 unspecified atom stereocenters. The van der Waals surface area contributed by atoms with Gasteiger partial charge in [0.1, 0.15) is 27.6 Å². The first kappa shape index (κ1) is 28.8. The quantitative estimate of drug-likeness (QED) is 0.234. The highest BCUT2D eigenvalue weighted by Crippen LogP contribution is 2.36. The summed E-state index contributed by atoms with van der Waals surface area (Å²) in [6.07, 6.45) is 7.26. The second kappa shape index (κ2) is 12.8. The maximum Gasteiger partial charge on any atom is 0.270 e. The summed E-state index contributed by atoms with van der Waals surface area (Å²) in [6, 6.07) is 8.50. The normalized spacial score (nSPS) is 16.9. The minimum absolute atomic E-state index is 0.0730. The second-order valence-electron chi connectivity index (χ2n) is 9.91. The number of piperazine rings is 1. The molecule has 2 fully saturated rings. The summed E-state index contributed by atoms with van der Waals surface area (Å²) in [5, 5.41) is 9.75. The van der Waals surface area contributed by atoms with E-state index >= 15 is 0 Å². The number of nitrogens with zero attached hydrogens (tertiary/aromatic N) is 5. The molecule has 39 heavy (non-hydrogen) atoms. The summed E-state index contributed by atoms with van der Waals surface area (Å²) in [5.41, 5.74) is 1.90. The smallest absolute Gasteiger partial charge is 0.270 e. The molecule has 0 spiro atoms. The van der Waals surface area contributed by atoms with Gasteiger partial charge in [0.25, 0.3) is 11.5 Å². The van der Waals surface area contributed by atoms with Crippen LogP contribution in [0.25, 0.3) is 6.08 Å². The van der Waals surface area contributed by atoms with E-state index in [1.54, 1.807) is 37.1 Å². The van der Waals surface area contributed by atoms with E-state index < -0.39 is 0 Å². The lowest BCUT2D eigenvalue weighted by Crippen LogP contribution is -2.48. The molecule has 0 N–H and O–H groups in total. The lowest BCUT2D eigenvalue weighted by atomic mass is 10.0. The molecule has 3 heterocycles. The van der Waals surface area contributed by atoms with Crippen molar-refractivity contribution in [1.29, 1.82) is 5.26 Å². The molecular weight excluding hydrogens is 533 g/mol. The van der Waals surface area contributed by atoms with Crippen molar-refractivity contribution in [3.05, 3.63) is 62.0 Å². The Kier molecular flexibility index (Phi) is 9.46. The predicted octanol–water partition coefficient (Wildman–Crippen LogP) is 5.20. The molecule has 1 amide bonds. The number of anilines is 2. The number of benzene rings is 1. The third-order valence-corrected chi connectivity index (χ3v) is 8.75. The molecule has 0 atom stereocenters. The lowest BCUT2D eigenvalue weighted by molar-refractivity contribution is -0.122. The van der Waals surface area contributed by atoms with E-state index in [4.69, 9.17) is 12.2 Å². The number of hydrogen-bond acceptors (Lipinski definition) is 7. The van der Waals surface area contributed by atoms with Gasteiger partial charge in [-0.2, -0.15) is 5.26 Å². The van der Waals surface area contributed by atoms with Crippen molar-refractivity contribution in [2.75, 3.05) is 42.5 Å². The number of halogens is 1. The van der Waals surface area contributed by atoms with Crippen molar-refractivity contribution >= 4 is 51.8 Å². The Morgan fingerprint density at radius 3 is 2.33 bits per heavy atom. The Morgan fingerprint density at radius 2 is 1.69 bits per heavy atom. The maximum absolute atomic E-state index is 13.4. The molecule has 1 aromatic heterocycles. The summed E-state index contributed by atoms with van der Waals surface area (Å²) in [5.74, 6) is 0.284. The van der Waals surface area contributed by atoms with Crippen LogP contribution in [0.3, 0.4) is 0 Å². The van der Waals surface area contributed by atoms with Crippen molar-refractivity contribution in [1.82, 2.24) is 9.47 Å². The van der Waals surface area contributed by atoms with Crippen molar-refractivity contribution < 1.29 is 9.18 Å². The molecule has 4 rings (SSSR count). The fourth-order valence-corrected chi connectivity index (χ4v) is 6.41. The fraction of sp³-hybridized carbons (Fsp3) is 0.448. The molecule has 0 saturated carbocycles. The Balaban J connectivity index is 1.62. The number of unbranched alkanes of at least 4 members (excludes halogenated alkanes) is 4. The monoisotopic (exact) mass is 567 g/mol. The third-order valence-electron chi connectivity index (χ3n) is 7.37. The van der Waals surface area contributed by atoms with Crippen LogP contribution in [0.15, 0.2) is 34.0 Å². The van der Waals surface area contributed by atoms with Gasteiger partial charge in [-0.3, -0.25) is 19.1 Å². The van der Waals surface area contributed by atoms with Crippen molar-refractivity contribution in [2.24, 2.45) is 7.05 Å². The maximum atomic E-state index is 13.4. The fourth-order valence-electron chi connectivity index (χ4n) is 5.12. The summed E-state index contributed by atoms with van der Waals surface area (Å²) < 4.78 is 15.4. The van der Waals surface area contributed by atoms with E-state index in [0.29, 0.717) is 58.9 Å². The van der Waals surface area contributed by atoms with Gasteiger partial charge in [-0.25, -0.2) is 4.39 Å². The average molecular weight is 568 g/mol. The Labute approximate surface area is 238 Å². The van der Waals surface area contributed by atoms with Crippen molar-refractivity contribution in [3.63, 3.8) is 0 Å². The van der Waals surface area contributed by atoms with E-state index in [-0.39, 0.29) is 22.8 Å². The van der Waals surface area contributed by atoms with Crippen LogP contribution in [0.4, 0.5) is 15.9 Å².